The first-order valence-corrected chi connectivity index (χ1v) is 6.70. The summed E-state index contributed by atoms with van der Waals surface area (Å²) in [5.41, 5.74) is 3.25. The van der Waals surface area contributed by atoms with Gasteiger partial charge in [0.1, 0.15) is 5.15 Å². The fraction of sp³-hybridized carbons (Fsp3) is 0.357. The summed E-state index contributed by atoms with van der Waals surface area (Å²) in [6.07, 6.45) is 1.77. The molecule has 0 aliphatic rings. The number of carbonyl (C=O) groups excluding carboxylic acids is 1. The molecular formula is C14H17ClN4O. The van der Waals surface area contributed by atoms with Crippen molar-refractivity contribution in [2.24, 2.45) is 7.05 Å². The Kier molecular flexibility index (Phi) is 4.09. The fourth-order valence-corrected chi connectivity index (χ4v) is 2.31. The molecule has 0 radical (unpaired) electrons. The van der Waals surface area contributed by atoms with E-state index in [4.69, 9.17) is 11.6 Å². The quantitative estimate of drug-likeness (QED) is 0.885. The van der Waals surface area contributed by atoms with Crippen LogP contribution in [0.3, 0.4) is 0 Å². The first-order chi connectivity index (χ1) is 9.38. The third-order valence-corrected chi connectivity index (χ3v) is 3.47. The summed E-state index contributed by atoms with van der Waals surface area (Å²) in [6, 6.07) is 3.15. The number of amides is 1. The van der Waals surface area contributed by atoms with Crippen molar-refractivity contribution in [1.29, 1.82) is 0 Å². The van der Waals surface area contributed by atoms with Gasteiger partial charge in [0.25, 0.3) is 5.91 Å². The van der Waals surface area contributed by atoms with Crippen LogP contribution in [0.1, 0.15) is 40.3 Å². The molecule has 1 N–H and O–H groups in total. The standard InChI is InChI=1S/C14H17ClN4O/c1-8-5-11(6-13(15)17-8)14(20)18-9(2)12-7-16-19(4)10(12)3/h5-7,9H,1-4H3,(H,18,20). The molecule has 2 rings (SSSR count). The molecule has 0 saturated heterocycles. The second-order valence-corrected chi connectivity index (χ2v) is 5.21. The van der Waals surface area contributed by atoms with E-state index >= 15 is 0 Å². The van der Waals surface area contributed by atoms with Gasteiger partial charge in [0.15, 0.2) is 0 Å². The van der Waals surface area contributed by atoms with E-state index < -0.39 is 0 Å². The van der Waals surface area contributed by atoms with E-state index in [-0.39, 0.29) is 11.9 Å². The Labute approximate surface area is 123 Å². The van der Waals surface area contributed by atoms with E-state index in [9.17, 15) is 4.79 Å². The molecular weight excluding hydrogens is 276 g/mol. The maximum atomic E-state index is 12.2. The normalized spacial score (nSPS) is 12.2. The van der Waals surface area contributed by atoms with Crippen molar-refractivity contribution in [2.45, 2.75) is 26.8 Å². The van der Waals surface area contributed by atoms with Gasteiger partial charge in [-0.05, 0) is 32.9 Å². The summed E-state index contributed by atoms with van der Waals surface area (Å²) in [6.45, 7) is 5.70. The van der Waals surface area contributed by atoms with E-state index in [1.807, 2.05) is 20.9 Å². The lowest BCUT2D eigenvalue weighted by molar-refractivity contribution is 0.0939. The molecule has 0 fully saturated rings. The second-order valence-electron chi connectivity index (χ2n) is 4.82. The summed E-state index contributed by atoms with van der Waals surface area (Å²) in [7, 11) is 1.87. The molecule has 6 heteroatoms. The van der Waals surface area contributed by atoms with Crippen LogP contribution in [0, 0.1) is 13.8 Å². The van der Waals surface area contributed by atoms with Crippen molar-refractivity contribution >= 4 is 17.5 Å². The van der Waals surface area contributed by atoms with Crippen LogP contribution in [-0.4, -0.2) is 20.7 Å². The van der Waals surface area contributed by atoms with Crippen molar-refractivity contribution in [2.75, 3.05) is 0 Å². The van der Waals surface area contributed by atoms with Crippen LogP contribution in [0.25, 0.3) is 0 Å². The van der Waals surface area contributed by atoms with Crippen molar-refractivity contribution in [3.8, 4) is 0 Å². The molecule has 2 aromatic heterocycles. The molecule has 2 aromatic rings. The van der Waals surface area contributed by atoms with Gasteiger partial charge >= 0.3 is 0 Å². The van der Waals surface area contributed by atoms with Crippen LogP contribution in [0.2, 0.25) is 5.15 Å². The van der Waals surface area contributed by atoms with Crippen LogP contribution >= 0.6 is 11.6 Å². The molecule has 0 saturated carbocycles. The number of hydrogen-bond donors (Lipinski definition) is 1. The van der Waals surface area contributed by atoms with Crippen molar-refractivity contribution in [1.82, 2.24) is 20.1 Å². The molecule has 1 unspecified atom stereocenters. The fourth-order valence-electron chi connectivity index (χ4n) is 2.06. The lowest BCUT2D eigenvalue weighted by Crippen LogP contribution is -2.27. The molecule has 0 spiro atoms. The van der Waals surface area contributed by atoms with Gasteiger partial charge in [-0.2, -0.15) is 5.10 Å². The predicted molar refractivity (Wildman–Crippen MR) is 77.8 cm³/mol. The second kappa shape index (κ2) is 5.63. The highest BCUT2D eigenvalue weighted by molar-refractivity contribution is 6.29. The van der Waals surface area contributed by atoms with Gasteiger partial charge in [-0.15, -0.1) is 0 Å². The minimum absolute atomic E-state index is 0.122. The number of hydrogen-bond acceptors (Lipinski definition) is 3. The zero-order valence-electron chi connectivity index (χ0n) is 11.9. The maximum Gasteiger partial charge on any atom is 0.251 e. The van der Waals surface area contributed by atoms with Crippen LogP contribution in [0.4, 0.5) is 0 Å². The lowest BCUT2D eigenvalue weighted by Gasteiger charge is -2.14. The van der Waals surface area contributed by atoms with Crippen molar-refractivity contribution < 1.29 is 4.79 Å². The molecule has 0 aliphatic heterocycles. The number of nitrogens with one attached hydrogen (secondary N) is 1. The Balaban J connectivity index is 2.17. The number of rotatable bonds is 3. The van der Waals surface area contributed by atoms with E-state index in [0.717, 1.165) is 11.3 Å². The van der Waals surface area contributed by atoms with Crippen LogP contribution in [0.15, 0.2) is 18.3 Å². The van der Waals surface area contributed by atoms with E-state index in [1.165, 1.54) is 0 Å². The zero-order chi connectivity index (χ0) is 14.9. The van der Waals surface area contributed by atoms with E-state index in [0.29, 0.717) is 16.4 Å². The average Bonchev–Trinajstić information content (AvgIpc) is 2.68. The third-order valence-electron chi connectivity index (χ3n) is 3.27. The van der Waals surface area contributed by atoms with E-state index in [2.05, 4.69) is 15.4 Å². The molecule has 0 aliphatic carbocycles. The SMILES string of the molecule is Cc1cc(C(=O)NC(C)c2cnn(C)c2C)cc(Cl)n1. The van der Waals surface area contributed by atoms with Crippen LogP contribution in [-0.2, 0) is 7.05 Å². The summed E-state index contributed by atoms with van der Waals surface area (Å²) in [5.74, 6) is -0.173. The highest BCUT2D eigenvalue weighted by atomic mass is 35.5. The summed E-state index contributed by atoms with van der Waals surface area (Å²) in [4.78, 5) is 16.3. The highest BCUT2D eigenvalue weighted by Crippen LogP contribution is 2.17. The van der Waals surface area contributed by atoms with Gasteiger partial charge in [-0.25, -0.2) is 4.98 Å². The number of pyridine rings is 1. The molecule has 20 heavy (non-hydrogen) atoms. The lowest BCUT2D eigenvalue weighted by atomic mass is 10.1. The number of aryl methyl sites for hydroxylation is 2. The first-order valence-electron chi connectivity index (χ1n) is 6.32. The summed E-state index contributed by atoms with van der Waals surface area (Å²) in [5, 5.41) is 7.44. The van der Waals surface area contributed by atoms with Crippen LogP contribution < -0.4 is 5.32 Å². The molecule has 0 aromatic carbocycles. The highest BCUT2D eigenvalue weighted by Gasteiger charge is 2.16. The molecule has 2 heterocycles. The predicted octanol–water partition coefficient (Wildman–Crippen LogP) is 2.58. The maximum absolute atomic E-state index is 12.2. The minimum atomic E-state index is -0.173. The van der Waals surface area contributed by atoms with Gasteiger partial charge < -0.3 is 5.32 Å². The van der Waals surface area contributed by atoms with Gasteiger partial charge in [-0.1, -0.05) is 11.6 Å². The number of aromatic nitrogens is 3. The van der Waals surface area contributed by atoms with Gasteiger partial charge in [0.05, 0.1) is 12.2 Å². The largest absolute Gasteiger partial charge is 0.345 e. The number of halogens is 1. The summed E-state index contributed by atoms with van der Waals surface area (Å²) < 4.78 is 1.78. The van der Waals surface area contributed by atoms with Crippen molar-refractivity contribution in [3.05, 3.63) is 46.0 Å². The Bertz CT molecular complexity index is 630. The van der Waals surface area contributed by atoms with Gasteiger partial charge in [0.2, 0.25) is 0 Å². The number of nitrogens with zero attached hydrogens (tertiary/aromatic N) is 3. The smallest absolute Gasteiger partial charge is 0.251 e. The Hall–Kier alpha value is -1.88. The van der Waals surface area contributed by atoms with Crippen molar-refractivity contribution in [3.63, 3.8) is 0 Å². The Morgan fingerprint density at radius 1 is 1.40 bits per heavy atom. The molecule has 1 atom stereocenters. The summed E-state index contributed by atoms with van der Waals surface area (Å²) >= 11 is 5.87. The molecule has 106 valence electrons. The Morgan fingerprint density at radius 2 is 2.10 bits per heavy atom. The Morgan fingerprint density at radius 3 is 2.65 bits per heavy atom. The van der Waals surface area contributed by atoms with Gasteiger partial charge in [-0.3, -0.25) is 9.48 Å². The minimum Gasteiger partial charge on any atom is -0.345 e. The van der Waals surface area contributed by atoms with E-state index in [1.54, 1.807) is 29.9 Å². The number of carbonyl (C=O) groups is 1. The topological polar surface area (TPSA) is 59.8 Å². The molecule has 0 bridgehead atoms. The monoisotopic (exact) mass is 292 g/mol. The first kappa shape index (κ1) is 14.5. The molecule has 1 amide bonds. The average molecular weight is 293 g/mol. The zero-order valence-corrected chi connectivity index (χ0v) is 12.7. The van der Waals surface area contributed by atoms with Crippen LogP contribution in [0.5, 0.6) is 0 Å². The van der Waals surface area contributed by atoms with Gasteiger partial charge in [0, 0.05) is 29.6 Å². The third kappa shape index (κ3) is 2.99. The molecule has 5 nitrogen and oxygen atoms in total.